The first kappa shape index (κ1) is 20.4. The number of para-hydroxylation sites is 2. The smallest absolute Gasteiger partial charge is 0.293 e. The maximum Gasteiger partial charge on any atom is 0.293 e. The van der Waals surface area contributed by atoms with Crippen molar-refractivity contribution in [2.45, 2.75) is 19.3 Å². The van der Waals surface area contributed by atoms with Crippen molar-refractivity contribution in [3.05, 3.63) is 64.0 Å². The standard InChI is InChI=1S/C21H19N5O2.ClH/c22-14-16(21-23-17-6-2-3-7-18(17)24-21)12-15-8-9-19(20(13-15)26(27)28)25-10-4-1-5-11-25;/h2-3,6-9,12-13H,1,4-5,10-11H2,(H,23,24);1H. The van der Waals surface area contributed by atoms with E-state index >= 15 is 0 Å². The number of aromatic nitrogens is 2. The normalized spacial score (nSPS) is 14.3. The number of rotatable bonds is 4. The highest BCUT2D eigenvalue weighted by Gasteiger charge is 2.21. The van der Waals surface area contributed by atoms with E-state index in [0.717, 1.165) is 43.4 Å². The van der Waals surface area contributed by atoms with Crippen LogP contribution in [0.15, 0.2) is 42.5 Å². The molecule has 0 saturated carbocycles. The van der Waals surface area contributed by atoms with Crippen molar-refractivity contribution in [1.29, 1.82) is 5.26 Å². The van der Waals surface area contributed by atoms with Crippen LogP contribution >= 0.6 is 12.4 Å². The molecule has 148 valence electrons. The topological polar surface area (TPSA) is 98.8 Å². The molecule has 1 saturated heterocycles. The molecule has 7 nitrogen and oxygen atoms in total. The Hall–Kier alpha value is -3.37. The van der Waals surface area contributed by atoms with Crippen LogP contribution in [-0.4, -0.2) is 28.0 Å². The number of nitrogens with zero attached hydrogens (tertiary/aromatic N) is 4. The Balaban J connectivity index is 0.00000240. The summed E-state index contributed by atoms with van der Waals surface area (Å²) in [6.07, 6.45) is 4.88. The zero-order valence-corrected chi connectivity index (χ0v) is 16.5. The molecule has 0 unspecified atom stereocenters. The van der Waals surface area contributed by atoms with Crippen LogP contribution in [0, 0.1) is 21.4 Å². The third-order valence-electron chi connectivity index (χ3n) is 4.97. The summed E-state index contributed by atoms with van der Waals surface area (Å²) in [5, 5.41) is 21.2. The predicted octanol–water partition coefficient (Wildman–Crippen LogP) is 4.95. The van der Waals surface area contributed by atoms with Crippen molar-refractivity contribution in [1.82, 2.24) is 9.97 Å². The molecule has 0 bridgehead atoms. The molecule has 2 aromatic carbocycles. The predicted molar refractivity (Wildman–Crippen MR) is 116 cm³/mol. The van der Waals surface area contributed by atoms with Crippen molar-refractivity contribution in [2.75, 3.05) is 18.0 Å². The average molecular weight is 410 g/mol. The lowest BCUT2D eigenvalue weighted by Gasteiger charge is -2.28. The van der Waals surface area contributed by atoms with Gasteiger partial charge in [0.1, 0.15) is 17.6 Å². The zero-order chi connectivity index (χ0) is 19.5. The number of piperidine rings is 1. The van der Waals surface area contributed by atoms with Gasteiger partial charge in [-0.2, -0.15) is 5.26 Å². The van der Waals surface area contributed by atoms with Gasteiger partial charge in [0.25, 0.3) is 5.69 Å². The van der Waals surface area contributed by atoms with Gasteiger partial charge in [-0.15, -0.1) is 12.4 Å². The number of anilines is 1. The van der Waals surface area contributed by atoms with Crippen molar-refractivity contribution < 1.29 is 4.92 Å². The molecule has 0 radical (unpaired) electrons. The fourth-order valence-corrected chi connectivity index (χ4v) is 3.58. The summed E-state index contributed by atoms with van der Waals surface area (Å²) >= 11 is 0. The number of H-pyrrole nitrogens is 1. The first-order chi connectivity index (χ1) is 13.7. The van der Waals surface area contributed by atoms with Crippen LogP contribution in [0.2, 0.25) is 0 Å². The highest BCUT2D eigenvalue weighted by atomic mass is 35.5. The molecular formula is C21H20ClN5O2. The molecule has 0 amide bonds. The van der Waals surface area contributed by atoms with E-state index in [4.69, 9.17) is 0 Å². The first-order valence-electron chi connectivity index (χ1n) is 9.26. The Morgan fingerprint density at radius 3 is 2.66 bits per heavy atom. The minimum Gasteiger partial charge on any atom is -0.366 e. The van der Waals surface area contributed by atoms with Crippen molar-refractivity contribution in [2.24, 2.45) is 0 Å². The van der Waals surface area contributed by atoms with Crippen LogP contribution in [-0.2, 0) is 0 Å². The second kappa shape index (κ2) is 8.76. The second-order valence-electron chi connectivity index (χ2n) is 6.83. The third-order valence-corrected chi connectivity index (χ3v) is 4.97. The van der Waals surface area contributed by atoms with Gasteiger partial charge in [-0.25, -0.2) is 4.98 Å². The molecule has 3 aromatic rings. The van der Waals surface area contributed by atoms with E-state index in [9.17, 15) is 15.4 Å². The number of nitrogens with one attached hydrogen (secondary N) is 1. The molecule has 29 heavy (non-hydrogen) atoms. The number of fused-ring (bicyclic) bond motifs is 1. The molecule has 4 rings (SSSR count). The number of benzene rings is 2. The number of nitro benzene ring substituents is 1. The van der Waals surface area contributed by atoms with E-state index in [1.807, 2.05) is 30.3 Å². The van der Waals surface area contributed by atoms with E-state index in [-0.39, 0.29) is 23.0 Å². The minimum atomic E-state index is -0.353. The fourth-order valence-electron chi connectivity index (χ4n) is 3.58. The molecule has 1 fully saturated rings. The van der Waals surface area contributed by atoms with Crippen LogP contribution in [0.5, 0.6) is 0 Å². The maximum absolute atomic E-state index is 11.6. The lowest BCUT2D eigenvalue weighted by molar-refractivity contribution is -0.384. The monoisotopic (exact) mass is 409 g/mol. The first-order valence-corrected chi connectivity index (χ1v) is 9.26. The number of hydrogen-bond acceptors (Lipinski definition) is 5. The summed E-state index contributed by atoms with van der Waals surface area (Å²) in [5.74, 6) is 0.450. The zero-order valence-electron chi connectivity index (χ0n) is 15.7. The van der Waals surface area contributed by atoms with Crippen LogP contribution in [0.3, 0.4) is 0 Å². The number of allylic oxidation sites excluding steroid dienone is 1. The van der Waals surface area contributed by atoms with E-state index in [1.54, 1.807) is 12.1 Å². The van der Waals surface area contributed by atoms with Crippen LogP contribution < -0.4 is 4.90 Å². The van der Waals surface area contributed by atoms with Crippen molar-refractivity contribution in [3.63, 3.8) is 0 Å². The van der Waals surface area contributed by atoms with Crippen LogP contribution in [0.25, 0.3) is 22.7 Å². The Kier molecular flexibility index (Phi) is 6.15. The van der Waals surface area contributed by atoms with Gasteiger partial charge >= 0.3 is 0 Å². The second-order valence-corrected chi connectivity index (χ2v) is 6.83. The average Bonchev–Trinajstić information content (AvgIpc) is 3.16. The Bertz CT molecular complexity index is 1080. The molecule has 1 aliphatic rings. The summed E-state index contributed by atoms with van der Waals surface area (Å²) in [7, 11) is 0. The molecule has 0 atom stereocenters. The molecule has 0 aliphatic carbocycles. The molecule has 0 spiro atoms. The SMILES string of the molecule is Cl.N#CC(=Cc1ccc(N2CCCCC2)c([N+](=O)[O-])c1)c1nc2ccccc2[nH]1. The lowest BCUT2D eigenvalue weighted by atomic mass is 10.1. The number of nitriles is 1. The number of halogens is 1. The van der Waals surface area contributed by atoms with Crippen LogP contribution in [0.1, 0.15) is 30.7 Å². The van der Waals surface area contributed by atoms with E-state index < -0.39 is 0 Å². The molecule has 8 heteroatoms. The Morgan fingerprint density at radius 2 is 1.97 bits per heavy atom. The summed E-state index contributed by atoms with van der Waals surface area (Å²) in [6, 6.07) is 14.8. The van der Waals surface area contributed by atoms with E-state index in [1.165, 1.54) is 6.07 Å². The number of hydrogen-bond donors (Lipinski definition) is 1. The van der Waals surface area contributed by atoms with Crippen molar-refractivity contribution in [3.8, 4) is 6.07 Å². The Morgan fingerprint density at radius 1 is 1.21 bits per heavy atom. The minimum absolute atomic E-state index is 0. The van der Waals surface area contributed by atoms with E-state index in [2.05, 4.69) is 20.9 Å². The van der Waals surface area contributed by atoms with Gasteiger partial charge in [0, 0.05) is 19.2 Å². The van der Waals surface area contributed by atoms with Gasteiger partial charge in [0.05, 0.1) is 21.5 Å². The summed E-state index contributed by atoms with van der Waals surface area (Å²) in [4.78, 5) is 20.9. The molecule has 1 aromatic heterocycles. The van der Waals surface area contributed by atoms with Gasteiger partial charge in [-0.3, -0.25) is 10.1 Å². The Labute approximate surface area is 174 Å². The van der Waals surface area contributed by atoms with Gasteiger partial charge < -0.3 is 9.88 Å². The van der Waals surface area contributed by atoms with Gasteiger partial charge in [0.15, 0.2) is 0 Å². The fraction of sp³-hybridized carbons (Fsp3) is 0.238. The maximum atomic E-state index is 11.6. The van der Waals surface area contributed by atoms with Gasteiger partial charge in [-0.05, 0) is 49.1 Å². The summed E-state index contributed by atoms with van der Waals surface area (Å²) in [5.41, 5.74) is 3.25. The summed E-state index contributed by atoms with van der Waals surface area (Å²) < 4.78 is 0. The number of nitro groups is 1. The number of aromatic amines is 1. The van der Waals surface area contributed by atoms with E-state index in [0.29, 0.717) is 22.6 Å². The van der Waals surface area contributed by atoms with Crippen LogP contribution in [0.4, 0.5) is 11.4 Å². The molecule has 2 heterocycles. The highest BCUT2D eigenvalue weighted by Crippen LogP contribution is 2.32. The molecular weight excluding hydrogens is 390 g/mol. The van der Waals surface area contributed by atoms with Gasteiger partial charge in [0.2, 0.25) is 0 Å². The molecule has 1 aliphatic heterocycles. The number of imidazole rings is 1. The quantitative estimate of drug-likeness (QED) is 0.373. The van der Waals surface area contributed by atoms with Gasteiger partial charge in [-0.1, -0.05) is 18.2 Å². The largest absolute Gasteiger partial charge is 0.366 e. The molecule has 1 N–H and O–H groups in total. The van der Waals surface area contributed by atoms with Crippen molar-refractivity contribution >= 4 is 46.5 Å². The highest BCUT2D eigenvalue weighted by molar-refractivity contribution is 5.91. The summed E-state index contributed by atoms with van der Waals surface area (Å²) in [6.45, 7) is 1.66. The lowest BCUT2D eigenvalue weighted by Crippen LogP contribution is -2.29. The third kappa shape index (κ3) is 4.23.